The summed E-state index contributed by atoms with van der Waals surface area (Å²) < 4.78 is 7.57. The van der Waals surface area contributed by atoms with Gasteiger partial charge >= 0.3 is 11.7 Å². The quantitative estimate of drug-likeness (QED) is 0.292. The van der Waals surface area contributed by atoms with E-state index < -0.39 is 28.5 Å². The molecule has 0 saturated carbocycles. The summed E-state index contributed by atoms with van der Waals surface area (Å²) in [5, 5.41) is 12.6. The summed E-state index contributed by atoms with van der Waals surface area (Å²) in [5.41, 5.74) is 1.11. The molecule has 44 heavy (non-hydrogen) atoms. The first-order chi connectivity index (χ1) is 20.8. The van der Waals surface area contributed by atoms with Gasteiger partial charge in [-0.05, 0) is 19.1 Å². The van der Waals surface area contributed by atoms with E-state index in [9.17, 15) is 24.3 Å². The standard InChI is InChI=1S/C31H29Cl2N5O6/c1-31(29(41)42)15-38(16-31)13-17-11-12-22(35-27(17)44-4)20-9-5-7-18(24(20)32)19-8-6-10-23(25(19)33)34-26(39)21-14-36(2)30(43)37(3)28(21)40/h5-12,14H,13,15-16H2,1-4H3,(H,34,39)(H,41,42). The number of ether oxygens (including phenoxy) is 1. The number of aromatic nitrogens is 3. The summed E-state index contributed by atoms with van der Waals surface area (Å²) in [7, 11) is 4.27. The summed E-state index contributed by atoms with van der Waals surface area (Å²) in [4.78, 5) is 55.8. The molecule has 0 spiro atoms. The zero-order chi connectivity index (χ0) is 31.9. The molecule has 1 saturated heterocycles. The van der Waals surface area contributed by atoms with Crippen molar-refractivity contribution in [1.29, 1.82) is 0 Å². The number of nitrogens with one attached hydrogen (secondary N) is 1. The average molecular weight is 639 g/mol. The van der Waals surface area contributed by atoms with Crippen LogP contribution in [0.2, 0.25) is 10.0 Å². The fraction of sp³-hybridized carbons (Fsp3) is 0.258. The molecule has 0 radical (unpaired) electrons. The van der Waals surface area contributed by atoms with Crippen molar-refractivity contribution in [1.82, 2.24) is 19.0 Å². The minimum atomic E-state index is -0.813. The summed E-state index contributed by atoms with van der Waals surface area (Å²) in [6, 6.07) is 14.2. The number of hydrogen-bond donors (Lipinski definition) is 2. The Morgan fingerprint density at radius 2 is 1.64 bits per heavy atom. The number of benzene rings is 2. The van der Waals surface area contributed by atoms with Crippen molar-refractivity contribution in [2.45, 2.75) is 13.5 Å². The maximum absolute atomic E-state index is 13.0. The summed E-state index contributed by atoms with van der Waals surface area (Å²) in [5.74, 6) is -1.13. The maximum Gasteiger partial charge on any atom is 0.330 e. The predicted octanol–water partition coefficient (Wildman–Crippen LogP) is 4.29. The van der Waals surface area contributed by atoms with Crippen molar-refractivity contribution < 1.29 is 19.4 Å². The highest BCUT2D eigenvalue weighted by Gasteiger charge is 2.45. The molecule has 0 unspecified atom stereocenters. The van der Waals surface area contributed by atoms with Gasteiger partial charge in [0.05, 0.1) is 34.0 Å². The van der Waals surface area contributed by atoms with E-state index in [2.05, 4.69) is 10.3 Å². The average Bonchev–Trinajstić information content (AvgIpc) is 2.98. The SMILES string of the molecule is COc1nc(-c2cccc(-c3cccc(NC(=O)c4cn(C)c(=O)n(C)c4=O)c3Cl)c2Cl)ccc1CN1CC(C)(C(=O)O)C1. The van der Waals surface area contributed by atoms with Gasteiger partial charge in [-0.2, -0.15) is 0 Å². The Morgan fingerprint density at radius 3 is 2.30 bits per heavy atom. The number of carbonyl (C=O) groups is 2. The monoisotopic (exact) mass is 637 g/mol. The number of halogens is 2. The Bertz CT molecular complexity index is 1930. The van der Waals surface area contributed by atoms with Gasteiger partial charge in [-0.1, -0.05) is 59.6 Å². The van der Waals surface area contributed by atoms with E-state index >= 15 is 0 Å². The molecule has 0 bridgehead atoms. The van der Waals surface area contributed by atoms with Crippen LogP contribution in [0.25, 0.3) is 22.4 Å². The van der Waals surface area contributed by atoms with Gasteiger partial charge in [0, 0.05) is 62.2 Å². The number of aryl methyl sites for hydroxylation is 1. The molecule has 1 aliphatic heterocycles. The van der Waals surface area contributed by atoms with Gasteiger partial charge in [0.15, 0.2) is 0 Å². The van der Waals surface area contributed by atoms with Crippen LogP contribution in [-0.2, 0) is 25.4 Å². The highest BCUT2D eigenvalue weighted by atomic mass is 35.5. The number of carbonyl (C=O) groups excluding carboxylic acids is 1. The fourth-order valence-corrected chi connectivity index (χ4v) is 5.87. The lowest BCUT2D eigenvalue weighted by molar-refractivity contribution is -0.158. The maximum atomic E-state index is 13.0. The van der Waals surface area contributed by atoms with E-state index in [1.807, 2.05) is 23.1 Å². The van der Waals surface area contributed by atoms with Gasteiger partial charge in [0.2, 0.25) is 5.88 Å². The molecule has 3 heterocycles. The molecule has 4 aromatic rings. The molecule has 2 aromatic carbocycles. The zero-order valence-corrected chi connectivity index (χ0v) is 25.9. The van der Waals surface area contributed by atoms with Crippen LogP contribution in [0.4, 0.5) is 5.69 Å². The zero-order valence-electron chi connectivity index (χ0n) is 24.4. The van der Waals surface area contributed by atoms with Crippen LogP contribution in [0.3, 0.4) is 0 Å². The van der Waals surface area contributed by atoms with Crippen molar-refractivity contribution in [3.8, 4) is 28.3 Å². The van der Waals surface area contributed by atoms with Crippen LogP contribution in [0, 0.1) is 5.41 Å². The second kappa shape index (κ2) is 11.9. The van der Waals surface area contributed by atoms with Crippen LogP contribution >= 0.6 is 23.2 Å². The highest BCUT2D eigenvalue weighted by Crippen LogP contribution is 2.41. The molecule has 0 atom stereocenters. The van der Waals surface area contributed by atoms with Crippen LogP contribution < -0.4 is 21.3 Å². The lowest BCUT2D eigenvalue weighted by Crippen LogP contribution is -2.58. The first-order valence-corrected chi connectivity index (χ1v) is 14.3. The molecule has 228 valence electrons. The number of carboxylic acids is 1. The first kappa shape index (κ1) is 31.0. The van der Waals surface area contributed by atoms with Gasteiger partial charge in [-0.25, -0.2) is 9.78 Å². The normalized spacial score (nSPS) is 14.1. The van der Waals surface area contributed by atoms with Crippen LogP contribution in [0.15, 0.2) is 64.3 Å². The number of amides is 1. The smallest absolute Gasteiger partial charge is 0.330 e. The number of hydrogen-bond acceptors (Lipinski definition) is 7. The third-order valence-electron chi connectivity index (χ3n) is 7.69. The molecule has 11 nitrogen and oxygen atoms in total. The largest absolute Gasteiger partial charge is 0.481 e. The second-order valence-corrected chi connectivity index (χ2v) is 11.7. The van der Waals surface area contributed by atoms with Gasteiger partial charge in [-0.15, -0.1) is 0 Å². The predicted molar refractivity (Wildman–Crippen MR) is 168 cm³/mol. The Hall–Kier alpha value is -4.45. The third-order valence-corrected chi connectivity index (χ3v) is 8.51. The minimum absolute atomic E-state index is 0.199. The van der Waals surface area contributed by atoms with E-state index in [0.29, 0.717) is 52.9 Å². The van der Waals surface area contributed by atoms with Gasteiger partial charge in [-0.3, -0.25) is 23.9 Å². The first-order valence-electron chi connectivity index (χ1n) is 13.5. The number of rotatable bonds is 8. The molecule has 0 aliphatic carbocycles. The number of aliphatic carboxylic acids is 1. The van der Waals surface area contributed by atoms with E-state index in [-0.39, 0.29) is 16.3 Å². The Balaban J connectivity index is 1.43. The van der Waals surface area contributed by atoms with Crippen molar-refractivity contribution in [2.24, 2.45) is 19.5 Å². The number of nitrogens with zero attached hydrogens (tertiary/aromatic N) is 4. The van der Waals surface area contributed by atoms with Gasteiger partial charge in [0.1, 0.15) is 5.56 Å². The van der Waals surface area contributed by atoms with Crippen molar-refractivity contribution in [3.63, 3.8) is 0 Å². The van der Waals surface area contributed by atoms with E-state index in [0.717, 1.165) is 14.7 Å². The number of pyridine rings is 1. The number of methoxy groups -OCH3 is 1. The van der Waals surface area contributed by atoms with Crippen molar-refractivity contribution >= 4 is 40.8 Å². The number of carboxylic acid groups (broad SMARTS) is 1. The molecule has 1 fully saturated rings. The third kappa shape index (κ3) is 5.61. The summed E-state index contributed by atoms with van der Waals surface area (Å²) in [6.07, 6.45) is 1.18. The second-order valence-electron chi connectivity index (χ2n) is 11.0. The lowest BCUT2D eigenvalue weighted by Gasteiger charge is -2.45. The Kier molecular flexibility index (Phi) is 8.39. The van der Waals surface area contributed by atoms with Crippen molar-refractivity contribution in [3.05, 3.63) is 96.7 Å². The fourth-order valence-electron chi connectivity index (χ4n) is 5.27. The van der Waals surface area contributed by atoms with Crippen LogP contribution in [-0.4, -0.2) is 56.2 Å². The molecule has 13 heteroatoms. The number of likely N-dealkylation sites (tertiary alicyclic amines) is 1. The van der Waals surface area contributed by atoms with Gasteiger partial charge in [0.25, 0.3) is 11.5 Å². The molecule has 1 amide bonds. The number of anilines is 1. The molecule has 2 N–H and O–H groups in total. The Morgan fingerprint density at radius 1 is 1.00 bits per heavy atom. The van der Waals surface area contributed by atoms with Crippen LogP contribution in [0.1, 0.15) is 22.8 Å². The minimum Gasteiger partial charge on any atom is -0.481 e. The van der Waals surface area contributed by atoms with Gasteiger partial charge < -0.3 is 19.7 Å². The summed E-state index contributed by atoms with van der Waals surface area (Å²) >= 11 is 13.7. The molecule has 1 aliphatic rings. The molecular formula is C31H29Cl2N5O6. The lowest BCUT2D eigenvalue weighted by atomic mass is 9.82. The highest BCUT2D eigenvalue weighted by molar-refractivity contribution is 6.39. The van der Waals surface area contributed by atoms with Crippen molar-refractivity contribution in [2.75, 3.05) is 25.5 Å². The molecule has 5 rings (SSSR count). The van der Waals surface area contributed by atoms with E-state index in [4.69, 9.17) is 27.9 Å². The topological polar surface area (TPSA) is 136 Å². The van der Waals surface area contributed by atoms with E-state index in [1.54, 1.807) is 37.3 Å². The Labute approximate surface area is 262 Å². The summed E-state index contributed by atoms with van der Waals surface area (Å²) in [6.45, 7) is 3.09. The molecule has 2 aromatic heterocycles. The van der Waals surface area contributed by atoms with E-state index in [1.165, 1.54) is 27.4 Å². The molecular weight excluding hydrogens is 609 g/mol. The van der Waals surface area contributed by atoms with Crippen LogP contribution in [0.5, 0.6) is 5.88 Å².